The smallest absolute Gasteiger partial charge is 0.263 e. The van der Waals surface area contributed by atoms with Crippen molar-refractivity contribution in [2.24, 2.45) is 5.92 Å². The van der Waals surface area contributed by atoms with Crippen molar-refractivity contribution in [2.75, 3.05) is 29.8 Å². The van der Waals surface area contributed by atoms with Gasteiger partial charge in [0.25, 0.3) is 10.0 Å². The number of rotatable bonds is 5. The van der Waals surface area contributed by atoms with Crippen LogP contribution < -0.4 is 14.4 Å². The fraction of sp³-hybridized carbons (Fsp3) is 0.444. The van der Waals surface area contributed by atoms with Gasteiger partial charge in [0, 0.05) is 13.1 Å². The molecule has 1 aliphatic heterocycles. The minimum Gasteiger partial charge on any atom is -0.496 e. The van der Waals surface area contributed by atoms with Crippen LogP contribution in [0.25, 0.3) is 0 Å². The van der Waals surface area contributed by atoms with Gasteiger partial charge in [-0.05, 0) is 61.6 Å². The summed E-state index contributed by atoms with van der Waals surface area (Å²) in [6, 6.07) is 8.16. The van der Waals surface area contributed by atoms with Crippen molar-refractivity contribution in [1.29, 1.82) is 0 Å². The molecule has 140 valence electrons. The first-order valence-corrected chi connectivity index (χ1v) is 10.1. The summed E-state index contributed by atoms with van der Waals surface area (Å²) < 4.78 is 32.7. The fourth-order valence-corrected chi connectivity index (χ4v) is 4.08. The van der Waals surface area contributed by atoms with Crippen molar-refractivity contribution in [3.8, 4) is 5.75 Å². The summed E-state index contributed by atoms with van der Waals surface area (Å²) in [5, 5.41) is 8.21. The van der Waals surface area contributed by atoms with Gasteiger partial charge in [0.2, 0.25) is 0 Å². The first-order valence-electron chi connectivity index (χ1n) is 8.65. The van der Waals surface area contributed by atoms with Gasteiger partial charge in [-0.25, -0.2) is 8.42 Å². The predicted octanol–water partition coefficient (Wildman–Crippen LogP) is 2.83. The molecule has 0 radical (unpaired) electrons. The SMILES string of the molecule is COc1ccc(S(=O)(=O)Nc2ccc(N3CCC(C)CC3)nn2)cc1C. The molecule has 1 N–H and O–H groups in total. The molecule has 0 aliphatic carbocycles. The zero-order chi connectivity index (χ0) is 18.7. The Morgan fingerprint density at radius 2 is 1.88 bits per heavy atom. The first-order chi connectivity index (χ1) is 12.4. The molecule has 1 aliphatic rings. The van der Waals surface area contributed by atoms with Crippen molar-refractivity contribution >= 4 is 21.7 Å². The molecule has 1 aromatic heterocycles. The third kappa shape index (κ3) is 4.07. The predicted molar refractivity (Wildman–Crippen MR) is 101 cm³/mol. The zero-order valence-electron chi connectivity index (χ0n) is 15.3. The average molecular weight is 376 g/mol. The lowest BCUT2D eigenvalue weighted by atomic mass is 9.99. The van der Waals surface area contributed by atoms with E-state index in [4.69, 9.17) is 4.74 Å². The van der Waals surface area contributed by atoms with Crippen LogP contribution in [0.3, 0.4) is 0 Å². The summed E-state index contributed by atoms with van der Waals surface area (Å²) >= 11 is 0. The maximum atomic E-state index is 12.5. The van der Waals surface area contributed by atoms with Gasteiger partial charge in [0.1, 0.15) is 5.75 Å². The molecule has 1 fully saturated rings. The normalized spacial score (nSPS) is 15.7. The molecular formula is C18H24N4O3S. The molecule has 0 spiro atoms. The average Bonchev–Trinajstić information content (AvgIpc) is 2.63. The summed E-state index contributed by atoms with van der Waals surface area (Å²) in [4.78, 5) is 2.34. The van der Waals surface area contributed by atoms with E-state index in [2.05, 4.69) is 26.7 Å². The number of sulfonamides is 1. The Morgan fingerprint density at radius 1 is 1.15 bits per heavy atom. The summed E-state index contributed by atoms with van der Waals surface area (Å²) in [5.41, 5.74) is 0.746. The van der Waals surface area contributed by atoms with E-state index in [1.807, 2.05) is 0 Å². The van der Waals surface area contributed by atoms with Gasteiger partial charge in [-0.15, -0.1) is 10.2 Å². The fourth-order valence-electron chi connectivity index (χ4n) is 3.00. The highest BCUT2D eigenvalue weighted by Gasteiger charge is 2.19. The Bertz CT molecular complexity index is 861. The molecule has 2 heterocycles. The lowest BCUT2D eigenvalue weighted by Crippen LogP contribution is -2.33. The topological polar surface area (TPSA) is 84.4 Å². The van der Waals surface area contributed by atoms with Crippen LogP contribution in [0.2, 0.25) is 0 Å². The third-order valence-electron chi connectivity index (χ3n) is 4.67. The number of nitrogens with zero attached hydrogens (tertiary/aromatic N) is 3. The Labute approximate surface area is 154 Å². The van der Waals surface area contributed by atoms with Crippen molar-refractivity contribution in [3.63, 3.8) is 0 Å². The minimum atomic E-state index is -3.73. The van der Waals surface area contributed by atoms with Crippen molar-refractivity contribution < 1.29 is 13.2 Å². The number of benzene rings is 1. The molecule has 8 heteroatoms. The Hall–Kier alpha value is -2.35. The largest absolute Gasteiger partial charge is 0.496 e. The van der Waals surface area contributed by atoms with E-state index in [9.17, 15) is 8.42 Å². The molecule has 1 saturated heterocycles. The molecule has 0 bridgehead atoms. The van der Waals surface area contributed by atoms with Gasteiger partial charge >= 0.3 is 0 Å². The summed E-state index contributed by atoms with van der Waals surface area (Å²) in [7, 11) is -2.18. The van der Waals surface area contributed by atoms with E-state index in [-0.39, 0.29) is 10.7 Å². The number of hydrogen-bond acceptors (Lipinski definition) is 6. The second kappa shape index (κ2) is 7.49. The lowest BCUT2D eigenvalue weighted by Gasteiger charge is -2.30. The number of aryl methyl sites for hydroxylation is 1. The molecular weight excluding hydrogens is 352 g/mol. The maximum Gasteiger partial charge on any atom is 0.263 e. The summed E-state index contributed by atoms with van der Waals surface area (Å²) in [5.74, 6) is 2.36. The van der Waals surface area contributed by atoms with E-state index < -0.39 is 10.0 Å². The van der Waals surface area contributed by atoms with E-state index in [0.717, 1.165) is 43.2 Å². The van der Waals surface area contributed by atoms with Gasteiger partial charge in [-0.3, -0.25) is 4.72 Å². The van der Waals surface area contributed by atoms with Gasteiger partial charge in [0.15, 0.2) is 11.6 Å². The van der Waals surface area contributed by atoms with E-state index >= 15 is 0 Å². The number of ether oxygens (including phenoxy) is 1. The van der Waals surface area contributed by atoms with Crippen molar-refractivity contribution in [2.45, 2.75) is 31.6 Å². The van der Waals surface area contributed by atoms with Crippen LogP contribution in [0, 0.1) is 12.8 Å². The zero-order valence-corrected chi connectivity index (χ0v) is 16.1. The van der Waals surface area contributed by atoms with Crippen LogP contribution in [-0.4, -0.2) is 38.8 Å². The van der Waals surface area contributed by atoms with Gasteiger partial charge in [-0.1, -0.05) is 6.92 Å². The first kappa shape index (κ1) is 18.4. The van der Waals surface area contributed by atoms with Gasteiger partial charge in [0.05, 0.1) is 12.0 Å². The molecule has 3 rings (SSSR count). The van der Waals surface area contributed by atoms with Gasteiger partial charge < -0.3 is 9.64 Å². The molecule has 26 heavy (non-hydrogen) atoms. The van der Waals surface area contributed by atoms with Crippen LogP contribution in [0.15, 0.2) is 35.2 Å². The molecule has 0 amide bonds. The lowest BCUT2D eigenvalue weighted by molar-refractivity contribution is 0.411. The van der Waals surface area contributed by atoms with Crippen LogP contribution in [0.4, 0.5) is 11.6 Å². The van der Waals surface area contributed by atoms with Gasteiger partial charge in [-0.2, -0.15) is 0 Å². The second-order valence-corrected chi connectivity index (χ2v) is 8.37. The number of anilines is 2. The third-order valence-corrected chi connectivity index (χ3v) is 6.03. The molecule has 0 unspecified atom stereocenters. The van der Waals surface area contributed by atoms with Crippen molar-refractivity contribution in [1.82, 2.24) is 10.2 Å². The van der Waals surface area contributed by atoms with Crippen LogP contribution in [0.5, 0.6) is 5.75 Å². The summed E-state index contributed by atoms with van der Waals surface area (Å²) in [6.45, 7) is 5.95. The van der Waals surface area contributed by atoms with Crippen LogP contribution >= 0.6 is 0 Å². The highest BCUT2D eigenvalue weighted by molar-refractivity contribution is 7.92. The Kier molecular flexibility index (Phi) is 5.31. The number of methoxy groups -OCH3 is 1. The number of hydrogen-bond donors (Lipinski definition) is 1. The Morgan fingerprint density at radius 3 is 2.46 bits per heavy atom. The highest BCUT2D eigenvalue weighted by Crippen LogP contribution is 2.24. The van der Waals surface area contributed by atoms with E-state index in [0.29, 0.717) is 5.75 Å². The molecule has 2 aromatic rings. The second-order valence-electron chi connectivity index (χ2n) is 6.68. The minimum absolute atomic E-state index is 0.159. The van der Waals surface area contributed by atoms with Crippen LogP contribution in [0.1, 0.15) is 25.3 Å². The molecule has 0 atom stereocenters. The molecule has 7 nitrogen and oxygen atoms in total. The highest BCUT2D eigenvalue weighted by atomic mass is 32.2. The number of aromatic nitrogens is 2. The van der Waals surface area contributed by atoms with E-state index in [1.54, 1.807) is 38.3 Å². The Balaban J connectivity index is 1.72. The quantitative estimate of drug-likeness (QED) is 0.864. The standard InChI is InChI=1S/C18H24N4O3S/c1-13-8-10-22(11-9-13)18-7-6-17(19-20-18)21-26(23,24)15-4-5-16(25-3)14(2)12-15/h4-7,12-13H,8-11H2,1-3H3,(H,19,21). The monoisotopic (exact) mass is 376 g/mol. The number of nitrogens with one attached hydrogen (secondary N) is 1. The molecule has 0 saturated carbocycles. The van der Waals surface area contributed by atoms with E-state index in [1.165, 1.54) is 6.07 Å². The van der Waals surface area contributed by atoms with Crippen LogP contribution in [-0.2, 0) is 10.0 Å². The van der Waals surface area contributed by atoms with Crippen molar-refractivity contribution in [3.05, 3.63) is 35.9 Å². The maximum absolute atomic E-state index is 12.5. The summed E-state index contributed by atoms with van der Waals surface area (Å²) in [6.07, 6.45) is 2.26. The number of piperidine rings is 1. The molecule has 1 aromatic carbocycles.